The number of thiophene rings is 1. The lowest BCUT2D eigenvalue weighted by molar-refractivity contribution is -0.144. The minimum atomic E-state index is -0.382. The Morgan fingerprint density at radius 1 is 1.23 bits per heavy atom. The Labute approximate surface area is 178 Å². The predicted molar refractivity (Wildman–Crippen MR) is 112 cm³/mol. The minimum Gasteiger partial charge on any atom is -0.383 e. The van der Waals surface area contributed by atoms with Crippen LogP contribution >= 0.6 is 11.3 Å². The Morgan fingerprint density at radius 2 is 2.03 bits per heavy atom. The number of methoxy groups -OCH3 is 2. The summed E-state index contributed by atoms with van der Waals surface area (Å²) in [6.45, 7) is 0.253. The molecular formula is C21H24FN3O4S. The number of rotatable bonds is 9. The van der Waals surface area contributed by atoms with Crippen LogP contribution in [-0.4, -0.2) is 68.0 Å². The summed E-state index contributed by atoms with van der Waals surface area (Å²) in [5.74, 6) is -1.04. The lowest BCUT2D eigenvalue weighted by Gasteiger charge is -2.26. The quantitative estimate of drug-likeness (QED) is 0.610. The zero-order valence-corrected chi connectivity index (χ0v) is 17.7. The van der Waals surface area contributed by atoms with Crippen molar-refractivity contribution < 1.29 is 23.5 Å². The molecule has 1 aliphatic rings. The van der Waals surface area contributed by atoms with Crippen molar-refractivity contribution in [1.82, 2.24) is 9.91 Å². The van der Waals surface area contributed by atoms with Crippen molar-refractivity contribution in [3.05, 3.63) is 58.0 Å². The molecule has 0 bridgehead atoms. The van der Waals surface area contributed by atoms with Gasteiger partial charge in [0.2, 0.25) is 5.91 Å². The Bertz CT molecular complexity index is 903. The van der Waals surface area contributed by atoms with Crippen molar-refractivity contribution in [3.63, 3.8) is 0 Å². The van der Waals surface area contributed by atoms with Gasteiger partial charge in [0.15, 0.2) is 0 Å². The van der Waals surface area contributed by atoms with Gasteiger partial charge in [0.05, 0.1) is 18.4 Å². The molecule has 9 heteroatoms. The van der Waals surface area contributed by atoms with Gasteiger partial charge in [-0.2, -0.15) is 5.10 Å². The third-order valence-corrected chi connectivity index (χ3v) is 5.71. The molecule has 1 atom stereocenters. The number of nitrogens with zero attached hydrogens (tertiary/aromatic N) is 3. The lowest BCUT2D eigenvalue weighted by Crippen LogP contribution is -2.44. The van der Waals surface area contributed by atoms with Gasteiger partial charge < -0.3 is 14.4 Å². The second kappa shape index (κ2) is 10.4. The van der Waals surface area contributed by atoms with E-state index in [0.717, 1.165) is 4.88 Å². The third-order valence-electron chi connectivity index (χ3n) is 4.73. The van der Waals surface area contributed by atoms with Crippen molar-refractivity contribution >= 4 is 28.9 Å². The summed E-state index contributed by atoms with van der Waals surface area (Å²) in [5.41, 5.74) is 0.882. The number of hydrazone groups is 1. The maximum atomic E-state index is 14.3. The van der Waals surface area contributed by atoms with Gasteiger partial charge in [-0.3, -0.25) is 9.59 Å². The monoisotopic (exact) mass is 433 g/mol. The molecule has 0 N–H and O–H groups in total. The highest BCUT2D eigenvalue weighted by Crippen LogP contribution is 2.35. The molecule has 1 aliphatic heterocycles. The van der Waals surface area contributed by atoms with Crippen LogP contribution in [0.15, 0.2) is 46.9 Å². The molecule has 160 valence electrons. The Hall–Kier alpha value is -2.62. The van der Waals surface area contributed by atoms with E-state index >= 15 is 0 Å². The number of amides is 2. The van der Waals surface area contributed by atoms with Crippen LogP contribution in [0.25, 0.3) is 0 Å². The normalized spacial score (nSPS) is 15.9. The minimum absolute atomic E-state index is 0.130. The first kappa shape index (κ1) is 22.1. The van der Waals surface area contributed by atoms with Crippen LogP contribution in [0, 0.1) is 5.82 Å². The maximum absolute atomic E-state index is 14.3. The SMILES string of the molecule is COCCN(CC(=O)N1N=C(c2ccccc2F)CC1c1cccs1)C(=O)COC. The molecule has 1 unspecified atom stereocenters. The first-order valence-corrected chi connectivity index (χ1v) is 10.4. The molecule has 2 aromatic rings. The average molecular weight is 434 g/mol. The summed E-state index contributed by atoms with van der Waals surface area (Å²) in [5, 5.41) is 7.75. The van der Waals surface area contributed by atoms with Crippen molar-refractivity contribution in [2.75, 3.05) is 40.5 Å². The first-order chi connectivity index (χ1) is 14.5. The number of carbonyl (C=O) groups is 2. The largest absolute Gasteiger partial charge is 0.383 e. The van der Waals surface area contributed by atoms with E-state index in [1.165, 1.54) is 41.5 Å². The van der Waals surface area contributed by atoms with E-state index in [-0.39, 0.29) is 43.4 Å². The predicted octanol–water partition coefficient (Wildman–Crippen LogP) is 2.69. The van der Waals surface area contributed by atoms with Crippen molar-refractivity contribution in [1.29, 1.82) is 0 Å². The van der Waals surface area contributed by atoms with E-state index in [0.29, 0.717) is 24.3 Å². The van der Waals surface area contributed by atoms with Crippen LogP contribution in [0.2, 0.25) is 0 Å². The van der Waals surface area contributed by atoms with Gasteiger partial charge in [-0.25, -0.2) is 9.40 Å². The summed E-state index contributed by atoms with van der Waals surface area (Å²) in [7, 11) is 2.95. The highest BCUT2D eigenvalue weighted by molar-refractivity contribution is 7.10. The number of carbonyl (C=O) groups excluding carboxylic acids is 2. The Kier molecular flexibility index (Phi) is 7.67. The van der Waals surface area contributed by atoms with Gasteiger partial charge in [-0.1, -0.05) is 24.3 Å². The molecule has 0 radical (unpaired) electrons. The molecule has 1 aromatic heterocycles. The highest BCUT2D eigenvalue weighted by Gasteiger charge is 2.35. The van der Waals surface area contributed by atoms with Gasteiger partial charge >= 0.3 is 0 Å². The van der Waals surface area contributed by atoms with Gasteiger partial charge in [-0.05, 0) is 17.5 Å². The fraction of sp³-hybridized carbons (Fsp3) is 0.381. The highest BCUT2D eigenvalue weighted by atomic mass is 32.1. The van der Waals surface area contributed by atoms with Crippen LogP contribution in [-0.2, 0) is 19.1 Å². The summed E-state index contributed by atoms with van der Waals surface area (Å²) in [4.78, 5) is 27.8. The molecule has 0 saturated carbocycles. The zero-order chi connectivity index (χ0) is 21.5. The number of halogens is 1. The summed E-state index contributed by atoms with van der Waals surface area (Å²) >= 11 is 1.51. The second-order valence-electron chi connectivity index (χ2n) is 6.74. The molecule has 3 rings (SSSR count). The molecule has 30 heavy (non-hydrogen) atoms. The Morgan fingerprint density at radius 3 is 2.70 bits per heavy atom. The van der Waals surface area contributed by atoms with Crippen LogP contribution in [0.1, 0.15) is 22.9 Å². The molecule has 0 spiro atoms. The number of ether oxygens (including phenoxy) is 2. The summed E-state index contributed by atoms with van der Waals surface area (Å²) in [6.07, 6.45) is 0.400. The molecule has 2 amide bonds. The lowest BCUT2D eigenvalue weighted by atomic mass is 10.0. The van der Waals surface area contributed by atoms with Gasteiger partial charge in [0, 0.05) is 37.6 Å². The van der Waals surface area contributed by atoms with E-state index in [1.54, 1.807) is 18.2 Å². The van der Waals surface area contributed by atoms with Gasteiger partial charge in [0.1, 0.15) is 19.0 Å². The molecule has 7 nitrogen and oxygen atoms in total. The number of benzene rings is 1. The molecule has 0 saturated heterocycles. The molecular weight excluding hydrogens is 409 g/mol. The summed E-state index contributed by atoms with van der Waals surface area (Å²) in [6, 6.07) is 9.86. The van der Waals surface area contributed by atoms with Crippen molar-refractivity contribution in [3.8, 4) is 0 Å². The fourth-order valence-corrected chi connectivity index (χ4v) is 4.06. The molecule has 0 fully saturated rings. The van der Waals surface area contributed by atoms with Crippen molar-refractivity contribution in [2.24, 2.45) is 5.10 Å². The topological polar surface area (TPSA) is 71.4 Å². The maximum Gasteiger partial charge on any atom is 0.262 e. The number of hydrogen-bond acceptors (Lipinski definition) is 6. The molecule has 0 aliphatic carbocycles. The molecule has 2 heterocycles. The van der Waals surface area contributed by atoms with E-state index in [4.69, 9.17) is 9.47 Å². The molecule has 1 aromatic carbocycles. The number of hydrogen-bond donors (Lipinski definition) is 0. The van der Waals surface area contributed by atoms with Crippen LogP contribution in [0.5, 0.6) is 0 Å². The van der Waals surface area contributed by atoms with Crippen LogP contribution < -0.4 is 0 Å². The second-order valence-corrected chi connectivity index (χ2v) is 7.72. The third kappa shape index (κ3) is 5.10. The van der Waals surface area contributed by atoms with E-state index in [1.807, 2.05) is 17.5 Å². The fourth-order valence-electron chi connectivity index (χ4n) is 3.24. The Balaban J connectivity index is 1.85. The standard InChI is InChI=1S/C21H24FN3O4S/c1-28-10-9-24(21(27)14-29-2)13-20(26)25-18(19-8-5-11-30-19)12-17(23-25)15-6-3-4-7-16(15)22/h3-8,11,18H,9-10,12-14H2,1-2H3. The average Bonchev–Trinajstić information content (AvgIpc) is 3.41. The summed E-state index contributed by atoms with van der Waals surface area (Å²) < 4.78 is 24.3. The van der Waals surface area contributed by atoms with Gasteiger partial charge in [0.25, 0.3) is 5.91 Å². The van der Waals surface area contributed by atoms with Crippen LogP contribution in [0.3, 0.4) is 0 Å². The van der Waals surface area contributed by atoms with E-state index in [9.17, 15) is 14.0 Å². The smallest absolute Gasteiger partial charge is 0.262 e. The van der Waals surface area contributed by atoms with Gasteiger partial charge in [-0.15, -0.1) is 11.3 Å². The zero-order valence-electron chi connectivity index (χ0n) is 16.9. The van der Waals surface area contributed by atoms with Crippen LogP contribution in [0.4, 0.5) is 4.39 Å². The first-order valence-electron chi connectivity index (χ1n) is 9.48. The van der Waals surface area contributed by atoms with E-state index < -0.39 is 0 Å². The van der Waals surface area contributed by atoms with E-state index in [2.05, 4.69) is 5.10 Å². The van der Waals surface area contributed by atoms with Crippen molar-refractivity contribution in [2.45, 2.75) is 12.5 Å².